The van der Waals surface area contributed by atoms with Crippen LogP contribution < -0.4 is 10.6 Å². The minimum absolute atomic E-state index is 0.136. The summed E-state index contributed by atoms with van der Waals surface area (Å²) < 4.78 is 4.97. The normalized spacial score (nSPS) is 21.0. The topological polar surface area (TPSA) is 111 Å². The van der Waals surface area contributed by atoms with Gasteiger partial charge in [-0.05, 0) is 32.9 Å². The quantitative estimate of drug-likeness (QED) is 0.652. The van der Waals surface area contributed by atoms with E-state index in [1.807, 2.05) is 0 Å². The maximum absolute atomic E-state index is 12.2. The van der Waals surface area contributed by atoms with Crippen LogP contribution in [0.15, 0.2) is 0 Å². The van der Waals surface area contributed by atoms with Crippen LogP contribution in [0.1, 0.15) is 19.8 Å². The largest absolute Gasteiger partial charge is 0.465 e. The molecule has 0 saturated carbocycles. The van der Waals surface area contributed by atoms with Gasteiger partial charge in [-0.15, -0.1) is 0 Å². The van der Waals surface area contributed by atoms with E-state index in [2.05, 4.69) is 10.6 Å². The van der Waals surface area contributed by atoms with Crippen molar-refractivity contribution in [3.05, 3.63) is 0 Å². The lowest BCUT2D eigenvalue weighted by Gasteiger charge is -2.43. The zero-order valence-corrected chi connectivity index (χ0v) is 13.3. The Labute approximate surface area is 134 Å². The van der Waals surface area contributed by atoms with Gasteiger partial charge < -0.3 is 25.4 Å². The first kappa shape index (κ1) is 17.3. The van der Waals surface area contributed by atoms with Crippen LogP contribution >= 0.6 is 0 Å². The summed E-state index contributed by atoms with van der Waals surface area (Å²) in [5.41, 5.74) is -0.529. The van der Waals surface area contributed by atoms with Crippen molar-refractivity contribution in [2.45, 2.75) is 25.3 Å². The fourth-order valence-electron chi connectivity index (χ4n) is 3.02. The van der Waals surface area contributed by atoms with Crippen molar-refractivity contribution in [3.8, 4) is 0 Å². The van der Waals surface area contributed by atoms with Crippen LogP contribution in [0.25, 0.3) is 0 Å². The van der Waals surface area contributed by atoms with E-state index in [4.69, 9.17) is 9.84 Å². The van der Waals surface area contributed by atoms with E-state index in [0.717, 1.165) is 18.0 Å². The van der Waals surface area contributed by atoms with E-state index in [1.165, 1.54) is 0 Å². The first-order chi connectivity index (χ1) is 11.0. The standard InChI is InChI=1S/C14H24N4O5/c1-2-23-12(20)16-14(3-5-15-6-4-14)10-18-8-7-17(13(21)22)9-11(18)19/h15H,2-10H2,1H3,(H,16,20)(H,21,22). The molecule has 2 fully saturated rings. The summed E-state index contributed by atoms with van der Waals surface area (Å²) in [5.74, 6) is -0.234. The summed E-state index contributed by atoms with van der Waals surface area (Å²) in [6, 6.07) is 0. The summed E-state index contributed by atoms with van der Waals surface area (Å²) in [6.07, 6.45) is -0.179. The molecule has 23 heavy (non-hydrogen) atoms. The SMILES string of the molecule is CCOC(=O)NC1(CN2CCN(C(=O)O)CC2=O)CCNCC1. The molecule has 2 saturated heterocycles. The fraction of sp³-hybridized carbons (Fsp3) is 0.786. The Morgan fingerprint density at radius 2 is 2.04 bits per heavy atom. The van der Waals surface area contributed by atoms with Crippen LogP contribution in [-0.4, -0.2) is 84.4 Å². The molecule has 0 bridgehead atoms. The Bertz CT molecular complexity index is 464. The third-order valence-electron chi connectivity index (χ3n) is 4.29. The highest BCUT2D eigenvalue weighted by atomic mass is 16.5. The predicted octanol–water partition coefficient (Wildman–Crippen LogP) is -0.323. The van der Waals surface area contributed by atoms with Crippen molar-refractivity contribution >= 4 is 18.1 Å². The van der Waals surface area contributed by atoms with Gasteiger partial charge in [0.2, 0.25) is 5.91 Å². The van der Waals surface area contributed by atoms with Crippen molar-refractivity contribution in [1.82, 2.24) is 20.4 Å². The van der Waals surface area contributed by atoms with E-state index >= 15 is 0 Å². The van der Waals surface area contributed by atoms with E-state index in [0.29, 0.717) is 25.9 Å². The zero-order valence-electron chi connectivity index (χ0n) is 13.3. The number of carboxylic acid groups (broad SMARTS) is 1. The first-order valence-corrected chi connectivity index (χ1v) is 7.87. The lowest BCUT2D eigenvalue weighted by molar-refractivity contribution is -0.136. The van der Waals surface area contributed by atoms with Gasteiger partial charge in [0, 0.05) is 19.6 Å². The van der Waals surface area contributed by atoms with E-state index in [1.54, 1.807) is 11.8 Å². The second kappa shape index (κ2) is 7.49. The number of ether oxygens (including phenoxy) is 1. The Kier molecular flexibility index (Phi) is 5.64. The molecule has 0 aromatic heterocycles. The highest BCUT2D eigenvalue weighted by Crippen LogP contribution is 2.21. The van der Waals surface area contributed by atoms with E-state index in [-0.39, 0.29) is 25.6 Å². The van der Waals surface area contributed by atoms with Crippen LogP contribution in [0.3, 0.4) is 0 Å². The average Bonchev–Trinajstić information content (AvgIpc) is 2.50. The monoisotopic (exact) mass is 328 g/mol. The number of carbonyl (C=O) groups excluding carboxylic acids is 2. The molecule has 9 heteroatoms. The van der Waals surface area contributed by atoms with Gasteiger partial charge in [-0.25, -0.2) is 9.59 Å². The number of carbonyl (C=O) groups is 3. The summed E-state index contributed by atoms with van der Waals surface area (Å²) in [4.78, 5) is 37.7. The smallest absolute Gasteiger partial charge is 0.407 e. The van der Waals surface area contributed by atoms with Crippen LogP contribution in [0.2, 0.25) is 0 Å². The van der Waals surface area contributed by atoms with Gasteiger partial charge in [0.1, 0.15) is 6.54 Å². The highest BCUT2D eigenvalue weighted by Gasteiger charge is 2.39. The summed E-state index contributed by atoms with van der Waals surface area (Å²) in [6.45, 7) is 4.38. The average molecular weight is 328 g/mol. The van der Waals surface area contributed by atoms with E-state index in [9.17, 15) is 14.4 Å². The van der Waals surface area contributed by atoms with E-state index < -0.39 is 17.7 Å². The van der Waals surface area contributed by atoms with Gasteiger partial charge in [0.15, 0.2) is 0 Å². The summed E-state index contributed by atoms with van der Waals surface area (Å²) >= 11 is 0. The van der Waals surface area contributed by atoms with Gasteiger partial charge >= 0.3 is 12.2 Å². The summed E-state index contributed by atoms with van der Waals surface area (Å²) in [5, 5.41) is 15.1. The molecular formula is C14H24N4O5. The van der Waals surface area contributed by atoms with Crippen LogP contribution in [0.5, 0.6) is 0 Å². The molecule has 0 unspecified atom stereocenters. The molecule has 2 aliphatic heterocycles. The van der Waals surface area contributed by atoms with Gasteiger partial charge in [-0.1, -0.05) is 0 Å². The van der Waals surface area contributed by atoms with Crippen molar-refractivity contribution in [3.63, 3.8) is 0 Å². The minimum atomic E-state index is -1.08. The number of amides is 3. The molecule has 0 radical (unpaired) electrons. The molecule has 0 atom stereocenters. The Balaban J connectivity index is 2.01. The Hall–Kier alpha value is -2.03. The Morgan fingerprint density at radius 1 is 1.35 bits per heavy atom. The zero-order chi connectivity index (χ0) is 16.9. The highest BCUT2D eigenvalue weighted by molar-refractivity contribution is 5.83. The number of hydrogen-bond acceptors (Lipinski definition) is 5. The molecule has 2 heterocycles. The van der Waals surface area contributed by atoms with Gasteiger partial charge in [-0.3, -0.25) is 9.69 Å². The minimum Gasteiger partial charge on any atom is -0.465 e. The molecule has 0 spiro atoms. The molecule has 2 rings (SSSR count). The molecule has 3 amide bonds. The first-order valence-electron chi connectivity index (χ1n) is 7.87. The number of piperidine rings is 1. The molecule has 130 valence electrons. The predicted molar refractivity (Wildman–Crippen MR) is 81.2 cm³/mol. The number of nitrogens with one attached hydrogen (secondary N) is 2. The van der Waals surface area contributed by atoms with Gasteiger partial charge in [0.05, 0.1) is 12.1 Å². The molecule has 0 aromatic rings. The number of piperazine rings is 1. The lowest BCUT2D eigenvalue weighted by Crippen LogP contribution is -2.63. The van der Waals surface area contributed by atoms with Crippen LogP contribution in [0, 0.1) is 0 Å². The van der Waals surface area contributed by atoms with Crippen molar-refractivity contribution in [2.75, 3.05) is 45.9 Å². The molecule has 2 aliphatic rings. The third kappa shape index (κ3) is 4.47. The number of nitrogens with zero attached hydrogens (tertiary/aromatic N) is 2. The van der Waals surface area contributed by atoms with Gasteiger partial charge in [0.25, 0.3) is 0 Å². The molecule has 3 N–H and O–H groups in total. The van der Waals surface area contributed by atoms with Crippen LogP contribution in [-0.2, 0) is 9.53 Å². The molecule has 0 aliphatic carbocycles. The van der Waals surface area contributed by atoms with Gasteiger partial charge in [-0.2, -0.15) is 0 Å². The molecule has 0 aromatic carbocycles. The Morgan fingerprint density at radius 3 is 2.61 bits per heavy atom. The molecule has 9 nitrogen and oxygen atoms in total. The lowest BCUT2D eigenvalue weighted by atomic mass is 9.87. The molecular weight excluding hydrogens is 304 g/mol. The second-order valence-electron chi connectivity index (χ2n) is 5.90. The fourth-order valence-corrected chi connectivity index (χ4v) is 3.02. The van der Waals surface area contributed by atoms with Crippen molar-refractivity contribution < 1.29 is 24.2 Å². The maximum atomic E-state index is 12.2. The number of rotatable bonds is 4. The number of alkyl carbamates (subject to hydrolysis) is 1. The maximum Gasteiger partial charge on any atom is 0.407 e. The third-order valence-corrected chi connectivity index (χ3v) is 4.29. The van der Waals surface area contributed by atoms with Crippen molar-refractivity contribution in [1.29, 1.82) is 0 Å². The summed E-state index contributed by atoms with van der Waals surface area (Å²) in [7, 11) is 0. The number of hydrogen-bond donors (Lipinski definition) is 3. The van der Waals surface area contributed by atoms with Crippen molar-refractivity contribution in [2.24, 2.45) is 0 Å². The second-order valence-corrected chi connectivity index (χ2v) is 5.90. The van der Waals surface area contributed by atoms with Crippen LogP contribution in [0.4, 0.5) is 9.59 Å².